The van der Waals surface area contributed by atoms with Gasteiger partial charge in [0.05, 0.1) is 11.5 Å². The summed E-state index contributed by atoms with van der Waals surface area (Å²) < 4.78 is 28.3. The van der Waals surface area contributed by atoms with Crippen molar-refractivity contribution in [3.63, 3.8) is 0 Å². The van der Waals surface area contributed by atoms with Gasteiger partial charge in [-0.25, -0.2) is 13.6 Å². The number of non-ortho nitro benzene ring substituents is 1. The zero-order chi connectivity index (χ0) is 15.3. The molecule has 0 heterocycles. The molecule has 0 aliphatic carbocycles. The van der Waals surface area contributed by atoms with E-state index in [-0.39, 0.29) is 16.3 Å². The molecule has 0 fully saturated rings. The number of hydrogen-bond acceptors (Lipinski definition) is 5. The summed E-state index contributed by atoms with van der Waals surface area (Å²) in [5.41, 5.74) is -0.344. The molecule has 2 N–H and O–H groups in total. The molecule has 0 bridgehead atoms. The Bertz CT molecular complexity index is 584. The Morgan fingerprint density at radius 1 is 1.40 bits per heavy atom. The van der Waals surface area contributed by atoms with Crippen LogP contribution in [0.1, 0.15) is 26.7 Å². The Hall–Kier alpha value is -1.67. The summed E-state index contributed by atoms with van der Waals surface area (Å²) in [6.45, 7) is 4.47. The molecule has 0 saturated carbocycles. The molecule has 0 aliphatic heterocycles. The second-order valence-electron chi connectivity index (χ2n) is 4.82. The average molecular weight is 302 g/mol. The molecule has 0 amide bonds. The molecule has 7 nitrogen and oxygen atoms in total. The van der Waals surface area contributed by atoms with Gasteiger partial charge in [0.1, 0.15) is 10.6 Å². The third kappa shape index (κ3) is 4.78. The summed E-state index contributed by atoms with van der Waals surface area (Å²) in [5.74, 6) is 0.565. The van der Waals surface area contributed by atoms with Crippen LogP contribution in [0, 0.1) is 16.0 Å². The molecule has 1 rings (SSSR count). The Morgan fingerprint density at radius 2 is 2.05 bits per heavy atom. The summed E-state index contributed by atoms with van der Waals surface area (Å²) in [7, 11) is -4.07. The molecular formula is C12H18N2O5S. The number of benzene rings is 1. The molecule has 112 valence electrons. The van der Waals surface area contributed by atoms with Gasteiger partial charge in [0.2, 0.25) is 10.0 Å². The highest BCUT2D eigenvalue weighted by atomic mass is 32.2. The zero-order valence-electron chi connectivity index (χ0n) is 11.4. The molecule has 1 aromatic rings. The number of nitro benzene ring substituents is 1. The Kier molecular flexibility index (Phi) is 5.46. The minimum atomic E-state index is -4.07. The molecule has 0 saturated heterocycles. The minimum Gasteiger partial charge on any atom is -0.492 e. The van der Waals surface area contributed by atoms with Gasteiger partial charge in [-0.2, -0.15) is 0 Å². The topological polar surface area (TPSA) is 113 Å². The number of sulfonamides is 1. The van der Waals surface area contributed by atoms with Gasteiger partial charge in [-0.1, -0.05) is 13.8 Å². The number of ether oxygens (including phenoxy) is 1. The summed E-state index contributed by atoms with van der Waals surface area (Å²) in [4.78, 5) is 9.61. The molecular weight excluding hydrogens is 284 g/mol. The van der Waals surface area contributed by atoms with Gasteiger partial charge < -0.3 is 4.74 Å². The number of nitrogens with two attached hydrogens (primary N) is 1. The zero-order valence-corrected chi connectivity index (χ0v) is 12.2. The SMILES string of the molecule is CC(C)CCCOc1ccc([N+](=O)[O-])cc1S(N)(=O)=O. The van der Waals surface area contributed by atoms with Crippen molar-refractivity contribution in [2.24, 2.45) is 11.1 Å². The number of nitrogens with zero attached hydrogens (tertiary/aromatic N) is 1. The van der Waals surface area contributed by atoms with Crippen molar-refractivity contribution in [2.45, 2.75) is 31.6 Å². The summed E-state index contributed by atoms with van der Waals surface area (Å²) >= 11 is 0. The maximum atomic E-state index is 11.4. The van der Waals surface area contributed by atoms with E-state index < -0.39 is 14.9 Å². The van der Waals surface area contributed by atoms with E-state index in [0.29, 0.717) is 12.5 Å². The van der Waals surface area contributed by atoms with Gasteiger partial charge in [-0.3, -0.25) is 10.1 Å². The fraction of sp³-hybridized carbons (Fsp3) is 0.500. The third-order valence-electron chi connectivity index (χ3n) is 2.63. The Balaban J connectivity index is 2.93. The number of hydrogen-bond donors (Lipinski definition) is 1. The minimum absolute atomic E-state index is 0.0434. The monoisotopic (exact) mass is 302 g/mol. The average Bonchev–Trinajstić information content (AvgIpc) is 2.33. The lowest BCUT2D eigenvalue weighted by molar-refractivity contribution is -0.385. The first-order valence-corrected chi connectivity index (χ1v) is 7.70. The van der Waals surface area contributed by atoms with Crippen LogP contribution in [0.25, 0.3) is 0 Å². The van der Waals surface area contributed by atoms with E-state index in [9.17, 15) is 18.5 Å². The highest BCUT2D eigenvalue weighted by Gasteiger charge is 2.20. The predicted molar refractivity (Wildman–Crippen MR) is 74.0 cm³/mol. The van der Waals surface area contributed by atoms with Crippen LogP contribution >= 0.6 is 0 Å². The van der Waals surface area contributed by atoms with Crippen molar-refractivity contribution >= 4 is 15.7 Å². The van der Waals surface area contributed by atoms with Crippen LogP contribution in [0.4, 0.5) is 5.69 Å². The number of rotatable bonds is 7. The molecule has 0 aromatic heterocycles. The van der Waals surface area contributed by atoms with Crippen LogP contribution in [0.5, 0.6) is 5.75 Å². The van der Waals surface area contributed by atoms with Crippen molar-refractivity contribution in [1.82, 2.24) is 0 Å². The number of primary sulfonamides is 1. The van der Waals surface area contributed by atoms with Crippen molar-refractivity contribution in [3.8, 4) is 5.75 Å². The predicted octanol–water partition coefficient (Wildman–Crippen LogP) is 2.06. The second kappa shape index (κ2) is 6.67. The van der Waals surface area contributed by atoms with Gasteiger partial charge >= 0.3 is 0 Å². The van der Waals surface area contributed by atoms with Crippen molar-refractivity contribution in [3.05, 3.63) is 28.3 Å². The van der Waals surface area contributed by atoms with Crippen LogP contribution in [-0.2, 0) is 10.0 Å². The molecule has 0 radical (unpaired) electrons. The standard InChI is InChI=1S/C12H18N2O5S/c1-9(2)4-3-7-19-11-6-5-10(14(15)16)8-12(11)20(13,17)18/h5-6,8-9H,3-4,7H2,1-2H3,(H2,13,17,18). The number of nitro groups is 1. The van der Waals surface area contributed by atoms with Crippen LogP contribution < -0.4 is 9.88 Å². The summed E-state index contributed by atoms with van der Waals surface area (Å²) in [5, 5.41) is 15.7. The Labute approximate surface area is 117 Å². The molecule has 20 heavy (non-hydrogen) atoms. The van der Waals surface area contributed by atoms with Gasteiger partial charge in [-0.05, 0) is 24.8 Å². The molecule has 0 spiro atoms. The van der Waals surface area contributed by atoms with Gasteiger partial charge in [0, 0.05) is 12.1 Å². The molecule has 8 heteroatoms. The van der Waals surface area contributed by atoms with E-state index in [1.807, 2.05) is 0 Å². The van der Waals surface area contributed by atoms with Gasteiger partial charge in [0.15, 0.2) is 0 Å². The van der Waals surface area contributed by atoms with E-state index >= 15 is 0 Å². The maximum Gasteiger partial charge on any atom is 0.271 e. The lowest BCUT2D eigenvalue weighted by Gasteiger charge is -2.10. The van der Waals surface area contributed by atoms with E-state index in [0.717, 1.165) is 18.9 Å². The lowest BCUT2D eigenvalue weighted by Crippen LogP contribution is -2.14. The summed E-state index contributed by atoms with van der Waals surface area (Å²) in [6.07, 6.45) is 1.70. The fourth-order valence-electron chi connectivity index (χ4n) is 1.63. The van der Waals surface area contributed by atoms with Crippen molar-refractivity contribution in [2.75, 3.05) is 6.61 Å². The highest BCUT2D eigenvalue weighted by Crippen LogP contribution is 2.27. The molecule has 0 aliphatic rings. The molecule has 1 aromatic carbocycles. The first-order valence-electron chi connectivity index (χ1n) is 6.16. The van der Waals surface area contributed by atoms with E-state index in [2.05, 4.69) is 13.8 Å². The van der Waals surface area contributed by atoms with Gasteiger partial charge in [-0.15, -0.1) is 0 Å². The van der Waals surface area contributed by atoms with Crippen LogP contribution in [-0.4, -0.2) is 19.9 Å². The van der Waals surface area contributed by atoms with Crippen LogP contribution in [0.2, 0.25) is 0 Å². The van der Waals surface area contributed by atoms with Crippen LogP contribution in [0.3, 0.4) is 0 Å². The quantitative estimate of drug-likeness (QED) is 0.470. The smallest absolute Gasteiger partial charge is 0.271 e. The molecule has 0 atom stereocenters. The fourth-order valence-corrected chi connectivity index (χ4v) is 2.32. The van der Waals surface area contributed by atoms with E-state index in [1.165, 1.54) is 12.1 Å². The first kappa shape index (κ1) is 16.4. The molecule has 0 unspecified atom stereocenters. The third-order valence-corrected chi connectivity index (χ3v) is 3.56. The first-order chi connectivity index (χ1) is 9.21. The van der Waals surface area contributed by atoms with E-state index in [1.54, 1.807) is 0 Å². The maximum absolute atomic E-state index is 11.4. The second-order valence-corrected chi connectivity index (χ2v) is 6.35. The van der Waals surface area contributed by atoms with Crippen molar-refractivity contribution in [1.29, 1.82) is 0 Å². The van der Waals surface area contributed by atoms with Crippen molar-refractivity contribution < 1.29 is 18.1 Å². The summed E-state index contributed by atoms with van der Waals surface area (Å²) in [6, 6.07) is 3.35. The highest BCUT2D eigenvalue weighted by molar-refractivity contribution is 7.89. The van der Waals surface area contributed by atoms with E-state index in [4.69, 9.17) is 9.88 Å². The van der Waals surface area contributed by atoms with Gasteiger partial charge in [0.25, 0.3) is 5.69 Å². The Morgan fingerprint density at radius 3 is 2.55 bits per heavy atom. The normalized spacial score (nSPS) is 11.6. The van der Waals surface area contributed by atoms with Crippen LogP contribution in [0.15, 0.2) is 23.1 Å². The largest absolute Gasteiger partial charge is 0.492 e. The lowest BCUT2D eigenvalue weighted by atomic mass is 10.1.